The fourth-order valence-corrected chi connectivity index (χ4v) is 1.59. The maximum Gasteiger partial charge on any atom is 0.237 e. The number of nitrogens with zero attached hydrogens (tertiary/aromatic N) is 1. The van der Waals surface area contributed by atoms with Gasteiger partial charge >= 0.3 is 0 Å². The summed E-state index contributed by atoms with van der Waals surface area (Å²) in [7, 11) is 0. The van der Waals surface area contributed by atoms with Crippen LogP contribution in [0.3, 0.4) is 0 Å². The summed E-state index contributed by atoms with van der Waals surface area (Å²) in [6.07, 6.45) is 1.62. The fraction of sp³-hybridized carbons (Fsp3) is 0.923. The van der Waals surface area contributed by atoms with Crippen LogP contribution in [0.1, 0.15) is 47.5 Å². The van der Waals surface area contributed by atoms with E-state index < -0.39 is 0 Å². The van der Waals surface area contributed by atoms with Crippen molar-refractivity contribution in [2.24, 2.45) is 0 Å². The zero-order valence-electron chi connectivity index (χ0n) is 11.9. The smallest absolute Gasteiger partial charge is 0.237 e. The van der Waals surface area contributed by atoms with Crippen LogP contribution in [0.25, 0.3) is 0 Å². The Balaban J connectivity index is 4.35. The zero-order chi connectivity index (χ0) is 13.5. The molecule has 0 aromatic carbocycles. The van der Waals surface area contributed by atoms with Crippen molar-refractivity contribution in [3.8, 4) is 0 Å². The van der Waals surface area contributed by atoms with Crippen LogP contribution >= 0.6 is 0 Å². The molecule has 0 aromatic rings. The Bertz CT molecular complexity index is 229. The number of amides is 1. The maximum absolute atomic E-state index is 12.1. The van der Waals surface area contributed by atoms with E-state index in [0.717, 1.165) is 19.5 Å². The van der Waals surface area contributed by atoms with Gasteiger partial charge in [-0.25, -0.2) is 0 Å². The topological polar surface area (TPSA) is 52.6 Å². The number of aliphatic hydroxyl groups is 1. The third-order valence-corrected chi connectivity index (χ3v) is 3.28. The Morgan fingerprint density at radius 1 is 1.41 bits per heavy atom. The molecule has 0 rings (SSSR count). The molecule has 4 nitrogen and oxygen atoms in total. The van der Waals surface area contributed by atoms with Crippen LogP contribution in [0.15, 0.2) is 0 Å². The molecule has 0 bridgehead atoms. The molecule has 0 saturated heterocycles. The minimum absolute atomic E-state index is 0.0663. The van der Waals surface area contributed by atoms with E-state index in [2.05, 4.69) is 17.1 Å². The second kappa shape index (κ2) is 7.67. The summed E-state index contributed by atoms with van der Waals surface area (Å²) < 4.78 is 0. The van der Waals surface area contributed by atoms with Gasteiger partial charge < -0.3 is 10.4 Å². The Morgan fingerprint density at radius 2 is 2.00 bits per heavy atom. The van der Waals surface area contributed by atoms with Crippen molar-refractivity contribution in [2.75, 3.05) is 19.7 Å². The number of hydrogen-bond acceptors (Lipinski definition) is 3. The van der Waals surface area contributed by atoms with Crippen molar-refractivity contribution >= 4 is 5.91 Å². The van der Waals surface area contributed by atoms with Gasteiger partial charge in [-0.05, 0) is 40.2 Å². The lowest BCUT2D eigenvalue weighted by atomic mass is 10.0. The molecule has 1 amide bonds. The molecule has 4 heteroatoms. The van der Waals surface area contributed by atoms with E-state index in [1.165, 1.54) is 0 Å². The lowest BCUT2D eigenvalue weighted by Gasteiger charge is -2.31. The summed E-state index contributed by atoms with van der Waals surface area (Å²) in [5, 5.41) is 11.9. The van der Waals surface area contributed by atoms with E-state index in [9.17, 15) is 4.79 Å². The van der Waals surface area contributed by atoms with Gasteiger partial charge in [0.05, 0.1) is 6.04 Å². The van der Waals surface area contributed by atoms with Crippen molar-refractivity contribution in [3.05, 3.63) is 0 Å². The molecule has 1 atom stereocenters. The monoisotopic (exact) mass is 244 g/mol. The minimum Gasteiger partial charge on any atom is -0.396 e. The SMILES string of the molecule is CCN(CCCO)C(C)C(=O)NC(C)(C)CC. The standard InChI is InChI=1S/C13H28N2O2/c1-6-13(4,5)14-12(17)11(3)15(7-2)9-8-10-16/h11,16H,6-10H2,1-5H3,(H,14,17). The molecule has 0 aromatic heterocycles. The van der Waals surface area contributed by atoms with Crippen LogP contribution in [-0.2, 0) is 4.79 Å². The number of nitrogens with one attached hydrogen (secondary N) is 1. The van der Waals surface area contributed by atoms with Crippen molar-refractivity contribution in [1.29, 1.82) is 0 Å². The first-order valence-corrected chi connectivity index (χ1v) is 6.54. The quantitative estimate of drug-likeness (QED) is 0.678. The molecule has 0 spiro atoms. The molecule has 1 unspecified atom stereocenters. The molecule has 0 saturated carbocycles. The summed E-state index contributed by atoms with van der Waals surface area (Å²) in [4.78, 5) is 14.1. The van der Waals surface area contributed by atoms with Crippen molar-refractivity contribution < 1.29 is 9.90 Å². The first-order valence-electron chi connectivity index (χ1n) is 6.54. The van der Waals surface area contributed by atoms with Gasteiger partial charge in [0.15, 0.2) is 0 Å². The summed E-state index contributed by atoms with van der Waals surface area (Å²) in [5.41, 5.74) is -0.151. The predicted octanol–water partition coefficient (Wildman–Crippen LogP) is 1.38. The van der Waals surface area contributed by atoms with Gasteiger partial charge in [0, 0.05) is 18.7 Å². The predicted molar refractivity (Wildman–Crippen MR) is 70.9 cm³/mol. The van der Waals surface area contributed by atoms with Crippen LogP contribution in [0, 0.1) is 0 Å². The first-order chi connectivity index (χ1) is 7.87. The van der Waals surface area contributed by atoms with Crippen molar-refractivity contribution in [2.45, 2.75) is 59.0 Å². The summed E-state index contributed by atoms with van der Waals surface area (Å²) in [5.74, 6) is 0.0663. The van der Waals surface area contributed by atoms with Gasteiger partial charge in [-0.15, -0.1) is 0 Å². The maximum atomic E-state index is 12.1. The highest BCUT2D eigenvalue weighted by atomic mass is 16.3. The number of carbonyl (C=O) groups is 1. The summed E-state index contributed by atoms with van der Waals surface area (Å²) in [6.45, 7) is 11.8. The van der Waals surface area contributed by atoms with Gasteiger partial charge in [-0.2, -0.15) is 0 Å². The number of hydrogen-bond donors (Lipinski definition) is 2. The van der Waals surface area contributed by atoms with E-state index in [0.29, 0.717) is 6.42 Å². The van der Waals surface area contributed by atoms with Crippen LogP contribution < -0.4 is 5.32 Å². The van der Waals surface area contributed by atoms with Gasteiger partial charge in [0.2, 0.25) is 5.91 Å². The molecule has 102 valence electrons. The highest BCUT2D eigenvalue weighted by Gasteiger charge is 2.24. The molecule has 0 aliphatic carbocycles. The average Bonchev–Trinajstić information content (AvgIpc) is 2.29. The van der Waals surface area contributed by atoms with Gasteiger partial charge in [0.1, 0.15) is 0 Å². The fourth-order valence-electron chi connectivity index (χ4n) is 1.59. The highest BCUT2D eigenvalue weighted by Crippen LogP contribution is 2.09. The van der Waals surface area contributed by atoms with Gasteiger partial charge in [-0.1, -0.05) is 13.8 Å². The molecule has 0 aliphatic rings. The van der Waals surface area contributed by atoms with E-state index in [-0.39, 0.29) is 24.1 Å². The normalized spacial score (nSPS) is 13.8. The third-order valence-electron chi connectivity index (χ3n) is 3.28. The molecule has 17 heavy (non-hydrogen) atoms. The number of carbonyl (C=O) groups excluding carboxylic acids is 1. The molecule has 0 aliphatic heterocycles. The number of aliphatic hydroxyl groups excluding tert-OH is 1. The van der Waals surface area contributed by atoms with Crippen LogP contribution in [0.5, 0.6) is 0 Å². The number of likely N-dealkylation sites (N-methyl/N-ethyl adjacent to an activating group) is 1. The average molecular weight is 244 g/mol. The van der Waals surface area contributed by atoms with Crippen LogP contribution in [0.4, 0.5) is 0 Å². The van der Waals surface area contributed by atoms with Gasteiger partial charge in [0.25, 0.3) is 0 Å². The van der Waals surface area contributed by atoms with Crippen LogP contribution in [0.2, 0.25) is 0 Å². The Hall–Kier alpha value is -0.610. The molecule has 2 N–H and O–H groups in total. The van der Waals surface area contributed by atoms with Crippen LogP contribution in [-0.4, -0.2) is 47.2 Å². The molecule has 0 fully saturated rings. The van der Waals surface area contributed by atoms with E-state index in [4.69, 9.17) is 5.11 Å². The Labute approximate surface area is 105 Å². The molecular formula is C13H28N2O2. The highest BCUT2D eigenvalue weighted by molar-refractivity contribution is 5.81. The second-order valence-electron chi connectivity index (χ2n) is 5.11. The molecular weight excluding hydrogens is 216 g/mol. The summed E-state index contributed by atoms with van der Waals surface area (Å²) >= 11 is 0. The second-order valence-corrected chi connectivity index (χ2v) is 5.11. The van der Waals surface area contributed by atoms with E-state index >= 15 is 0 Å². The van der Waals surface area contributed by atoms with Crippen molar-refractivity contribution in [1.82, 2.24) is 10.2 Å². The molecule has 0 radical (unpaired) electrons. The van der Waals surface area contributed by atoms with E-state index in [1.807, 2.05) is 27.7 Å². The third kappa shape index (κ3) is 6.03. The number of rotatable bonds is 8. The molecule has 0 heterocycles. The summed E-state index contributed by atoms with van der Waals surface area (Å²) in [6, 6.07) is -0.141. The van der Waals surface area contributed by atoms with Gasteiger partial charge in [-0.3, -0.25) is 9.69 Å². The Kier molecular flexibility index (Phi) is 7.39. The van der Waals surface area contributed by atoms with Crippen molar-refractivity contribution in [3.63, 3.8) is 0 Å². The largest absolute Gasteiger partial charge is 0.396 e. The lowest BCUT2D eigenvalue weighted by molar-refractivity contribution is -0.127. The first kappa shape index (κ1) is 16.4. The minimum atomic E-state index is -0.151. The zero-order valence-corrected chi connectivity index (χ0v) is 11.9. The Morgan fingerprint density at radius 3 is 2.41 bits per heavy atom. The lowest BCUT2D eigenvalue weighted by Crippen LogP contribution is -2.52. The van der Waals surface area contributed by atoms with E-state index in [1.54, 1.807) is 0 Å².